The van der Waals surface area contributed by atoms with Crippen molar-refractivity contribution >= 4 is 5.71 Å². The van der Waals surface area contributed by atoms with Crippen molar-refractivity contribution in [1.82, 2.24) is 0 Å². The van der Waals surface area contributed by atoms with E-state index in [-0.39, 0.29) is 6.61 Å². The van der Waals surface area contributed by atoms with E-state index >= 15 is 0 Å². The summed E-state index contributed by atoms with van der Waals surface area (Å²) in [5.74, 6) is 0.773. The van der Waals surface area contributed by atoms with Crippen LogP contribution in [0.3, 0.4) is 0 Å². The fraction of sp³-hybridized carbons (Fsp3) is 0.462. The SMILES string of the molecule is CC(=NO)c1cccc(OCCCCCO)c1. The molecular formula is C13H19NO3. The van der Waals surface area contributed by atoms with Crippen molar-refractivity contribution in [3.05, 3.63) is 29.8 Å². The maximum Gasteiger partial charge on any atom is 0.119 e. The van der Waals surface area contributed by atoms with Crippen LogP contribution in [-0.4, -0.2) is 29.2 Å². The van der Waals surface area contributed by atoms with Crippen molar-refractivity contribution in [1.29, 1.82) is 0 Å². The second kappa shape index (κ2) is 7.68. The minimum Gasteiger partial charge on any atom is -0.494 e. The summed E-state index contributed by atoms with van der Waals surface area (Å²) >= 11 is 0. The van der Waals surface area contributed by atoms with E-state index in [4.69, 9.17) is 15.1 Å². The van der Waals surface area contributed by atoms with Gasteiger partial charge in [0.2, 0.25) is 0 Å². The largest absolute Gasteiger partial charge is 0.494 e. The fourth-order valence-electron chi connectivity index (χ4n) is 1.45. The first kappa shape index (κ1) is 13.5. The molecule has 0 saturated heterocycles. The van der Waals surface area contributed by atoms with Gasteiger partial charge in [0.1, 0.15) is 5.75 Å². The van der Waals surface area contributed by atoms with Crippen LogP contribution in [-0.2, 0) is 0 Å². The summed E-state index contributed by atoms with van der Waals surface area (Å²) in [6.07, 6.45) is 2.71. The third kappa shape index (κ3) is 4.87. The Morgan fingerprint density at radius 3 is 2.82 bits per heavy atom. The quantitative estimate of drug-likeness (QED) is 0.331. The Balaban J connectivity index is 2.43. The molecule has 0 unspecified atom stereocenters. The Bertz CT molecular complexity index is 363. The zero-order chi connectivity index (χ0) is 12.5. The molecule has 0 atom stereocenters. The smallest absolute Gasteiger partial charge is 0.119 e. The Kier molecular flexibility index (Phi) is 6.10. The first-order chi connectivity index (χ1) is 8.27. The van der Waals surface area contributed by atoms with Gasteiger partial charge in [-0.3, -0.25) is 0 Å². The van der Waals surface area contributed by atoms with Crippen molar-refractivity contribution in [2.24, 2.45) is 5.16 Å². The van der Waals surface area contributed by atoms with Crippen LogP contribution < -0.4 is 4.74 Å². The Hall–Kier alpha value is -1.55. The molecule has 0 saturated carbocycles. The van der Waals surface area contributed by atoms with Gasteiger partial charge in [-0.2, -0.15) is 0 Å². The molecule has 1 aromatic carbocycles. The van der Waals surface area contributed by atoms with Crippen LogP contribution >= 0.6 is 0 Å². The number of oxime groups is 1. The molecule has 0 bridgehead atoms. The van der Waals surface area contributed by atoms with Gasteiger partial charge in [0.15, 0.2) is 0 Å². The molecule has 0 heterocycles. The summed E-state index contributed by atoms with van der Waals surface area (Å²) < 4.78 is 5.57. The number of unbranched alkanes of at least 4 members (excludes halogenated alkanes) is 2. The predicted molar refractivity (Wildman–Crippen MR) is 66.9 cm³/mol. The van der Waals surface area contributed by atoms with Crippen LogP contribution in [0, 0.1) is 0 Å². The van der Waals surface area contributed by atoms with Crippen molar-refractivity contribution in [3.8, 4) is 5.75 Å². The van der Waals surface area contributed by atoms with Gasteiger partial charge in [0, 0.05) is 12.2 Å². The van der Waals surface area contributed by atoms with Gasteiger partial charge in [-0.15, -0.1) is 0 Å². The zero-order valence-corrected chi connectivity index (χ0v) is 10.1. The van der Waals surface area contributed by atoms with Crippen LogP contribution in [0.4, 0.5) is 0 Å². The number of hydrogen-bond donors (Lipinski definition) is 2. The van der Waals surface area contributed by atoms with Gasteiger partial charge < -0.3 is 15.1 Å². The van der Waals surface area contributed by atoms with Crippen LogP contribution in [0.2, 0.25) is 0 Å². The van der Waals surface area contributed by atoms with E-state index in [0.29, 0.717) is 12.3 Å². The summed E-state index contributed by atoms with van der Waals surface area (Å²) in [6, 6.07) is 7.46. The topological polar surface area (TPSA) is 62.1 Å². The van der Waals surface area contributed by atoms with Gasteiger partial charge in [-0.1, -0.05) is 17.3 Å². The average molecular weight is 237 g/mol. The molecule has 17 heavy (non-hydrogen) atoms. The highest BCUT2D eigenvalue weighted by molar-refractivity contribution is 5.98. The summed E-state index contributed by atoms with van der Waals surface area (Å²) in [7, 11) is 0. The summed E-state index contributed by atoms with van der Waals surface area (Å²) in [6.45, 7) is 2.61. The van der Waals surface area contributed by atoms with Gasteiger partial charge in [-0.25, -0.2) is 0 Å². The van der Waals surface area contributed by atoms with Crippen LogP contribution in [0.5, 0.6) is 5.75 Å². The zero-order valence-electron chi connectivity index (χ0n) is 10.1. The lowest BCUT2D eigenvalue weighted by atomic mass is 10.1. The molecule has 94 valence electrons. The molecule has 0 aliphatic heterocycles. The molecule has 4 nitrogen and oxygen atoms in total. The summed E-state index contributed by atoms with van der Waals surface area (Å²) in [5.41, 5.74) is 1.41. The van der Waals surface area contributed by atoms with E-state index in [2.05, 4.69) is 5.16 Å². The minimum atomic E-state index is 0.238. The van der Waals surface area contributed by atoms with Crippen molar-refractivity contribution in [2.75, 3.05) is 13.2 Å². The first-order valence-electron chi connectivity index (χ1n) is 5.80. The van der Waals surface area contributed by atoms with Crippen LogP contribution in [0.15, 0.2) is 29.4 Å². The minimum absolute atomic E-state index is 0.238. The van der Waals surface area contributed by atoms with Crippen molar-refractivity contribution in [2.45, 2.75) is 26.2 Å². The Labute approximate surface area is 102 Å². The maximum absolute atomic E-state index is 8.68. The number of hydrogen-bond acceptors (Lipinski definition) is 4. The molecule has 1 aromatic rings. The van der Waals surface area contributed by atoms with Gasteiger partial charge in [0.05, 0.1) is 12.3 Å². The molecular weight excluding hydrogens is 218 g/mol. The molecule has 4 heteroatoms. The summed E-state index contributed by atoms with van der Waals surface area (Å²) in [5, 5.41) is 20.5. The predicted octanol–water partition coefficient (Wildman–Crippen LogP) is 2.43. The van der Waals surface area contributed by atoms with E-state index in [0.717, 1.165) is 30.6 Å². The van der Waals surface area contributed by atoms with Gasteiger partial charge in [0.25, 0.3) is 0 Å². The lowest BCUT2D eigenvalue weighted by molar-refractivity contribution is 0.266. The molecule has 2 N–H and O–H groups in total. The number of aliphatic hydroxyl groups excluding tert-OH is 1. The van der Waals surface area contributed by atoms with E-state index in [1.54, 1.807) is 6.92 Å². The van der Waals surface area contributed by atoms with Gasteiger partial charge >= 0.3 is 0 Å². The third-order valence-electron chi connectivity index (χ3n) is 2.47. The molecule has 0 radical (unpaired) electrons. The second-order valence-corrected chi connectivity index (χ2v) is 3.85. The lowest BCUT2D eigenvalue weighted by Crippen LogP contribution is -2.00. The molecule has 0 aromatic heterocycles. The standard InChI is InChI=1S/C13H19NO3/c1-11(14-16)12-6-5-7-13(10-12)17-9-4-2-3-8-15/h5-7,10,15-16H,2-4,8-9H2,1H3. The molecule has 0 amide bonds. The Morgan fingerprint density at radius 2 is 2.12 bits per heavy atom. The van der Waals surface area contributed by atoms with E-state index in [1.807, 2.05) is 24.3 Å². The van der Waals surface area contributed by atoms with Gasteiger partial charge in [-0.05, 0) is 38.3 Å². The highest BCUT2D eigenvalue weighted by atomic mass is 16.5. The fourth-order valence-corrected chi connectivity index (χ4v) is 1.45. The Morgan fingerprint density at radius 1 is 1.29 bits per heavy atom. The maximum atomic E-state index is 8.68. The molecule has 0 spiro atoms. The lowest BCUT2D eigenvalue weighted by Gasteiger charge is -2.07. The number of benzene rings is 1. The number of aliphatic hydroxyl groups is 1. The molecule has 0 aliphatic rings. The first-order valence-corrected chi connectivity index (χ1v) is 5.80. The van der Waals surface area contributed by atoms with Crippen molar-refractivity contribution < 1.29 is 15.1 Å². The highest BCUT2D eigenvalue weighted by Crippen LogP contribution is 2.14. The van der Waals surface area contributed by atoms with Crippen LogP contribution in [0.1, 0.15) is 31.7 Å². The monoisotopic (exact) mass is 237 g/mol. The molecule has 1 rings (SSSR count). The average Bonchev–Trinajstić information content (AvgIpc) is 2.38. The van der Waals surface area contributed by atoms with E-state index in [9.17, 15) is 0 Å². The molecule has 0 aliphatic carbocycles. The van der Waals surface area contributed by atoms with Crippen LogP contribution in [0.25, 0.3) is 0 Å². The summed E-state index contributed by atoms with van der Waals surface area (Å²) in [4.78, 5) is 0. The normalized spacial score (nSPS) is 11.5. The van der Waals surface area contributed by atoms with E-state index < -0.39 is 0 Å². The number of nitrogens with zero attached hydrogens (tertiary/aromatic N) is 1. The number of rotatable bonds is 7. The van der Waals surface area contributed by atoms with E-state index in [1.165, 1.54) is 0 Å². The molecule has 0 fully saturated rings. The highest BCUT2D eigenvalue weighted by Gasteiger charge is 2.00. The second-order valence-electron chi connectivity index (χ2n) is 3.85. The number of ether oxygens (including phenoxy) is 1. The van der Waals surface area contributed by atoms with Crippen molar-refractivity contribution in [3.63, 3.8) is 0 Å². The third-order valence-corrected chi connectivity index (χ3v) is 2.47.